The summed E-state index contributed by atoms with van der Waals surface area (Å²) < 4.78 is 0. The lowest BCUT2D eigenvalue weighted by Crippen LogP contribution is -2.08. The molecule has 0 spiro atoms. The molecular weight excluding hydrogens is 266 g/mol. The van der Waals surface area contributed by atoms with Gasteiger partial charge in [0, 0.05) is 16.5 Å². The average molecular weight is 283 g/mol. The van der Waals surface area contributed by atoms with Crippen LogP contribution in [-0.2, 0) is 0 Å². The fourth-order valence-electron chi connectivity index (χ4n) is 2.21. The Kier molecular flexibility index (Phi) is 3.40. The predicted octanol–water partition coefficient (Wildman–Crippen LogP) is 4.48. The minimum absolute atomic E-state index is 0.168. The second-order valence-corrected chi connectivity index (χ2v) is 6.29. The van der Waals surface area contributed by atoms with Crippen molar-refractivity contribution in [1.82, 2.24) is 9.97 Å². The van der Waals surface area contributed by atoms with Crippen LogP contribution in [0.3, 0.4) is 0 Å². The lowest BCUT2D eigenvalue weighted by atomic mass is 10.1. The Hall–Kier alpha value is -1.94. The quantitative estimate of drug-likeness (QED) is 0.770. The van der Waals surface area contributed by atoms with E-state index in [4.69, 9.17) is 4.98 Å². The lowest BCUT2D eigenvalue weighted by Gasteiger charge is -2.14. The standard InChI is InChI=1S/C16H17N3S/c1-10-8-13-6-4-5-7-14(13)19-15(10)18-12(3)16-17-9-11(2)20-16/h4-9,12H,1-3H3,(H,18,19). The number of hydrogen-bond donors (Lipinski definition) is 1. The second-order valence-electron chi connectivity index (χ2n) is 5.02. The van der Waals surface area contributed by atoms with E-state index in [0.29, 0.717) is 0 Å². The maximum absolute atomic E-state index is 4.71. The number of hydrogen-bond acceptors (Lipinski definition) is 4. The van der Waals surface area contributed by atoms with Gasteiger partial charge in [-0.15, -0.1) is 11.3 Å². The monoisotopic (exact) mass is 283 g/mol. The number of anilines is 1. The molecule has 102 valence electrons. The summed E-state index contributed by atoms with van der Waals surface area (Å²) >= 11 is 1.72. The molecule has 1 unspecified atom stereocenters. The number of benzene rings is 1. The van der Waals surface area contributed by atoms with Crippen molar-refractivity contribution in [2.24, 2.45) is 0 Å². The normalized spacial score (nSPS) is 12.6. The predicted molar refractivity (Wildman–Crippen MR) is 85.4 cm³/mol. The third-order valence-electron chi connectivity index (χ3n) is 3.28. The van der Waals surface area contributed by atoms with Crippen molar-refractivity contribution >= 4 is 28.1 Å². The zero-order valence-electron chi connectivity index (χ0n) is 11.8. The van der Waals surface area contributed by atoms with Gasteiger partial charge in [-0.2, -0.15) is 0 Å². The van der Waals surface area contributed by atoms with E-state index in [1.807, 2.05) is 24.4 Å². The van der Waals surface area contributed by atoms with Gasteiger partial charge in [0.2, 0.25) is 0 Å². The third-order valence-corrected chi connectivity index (χ3v) is 4.37. The number of rotatable bonds is 3. The summed E-state index contributed by atoms with van der Waals surface area (Å²) in [6.07, 6.45) is 1.92. The summed E-state index contributed by atoms with van der Waals surface area (Å²) in [7, 11) is 0. The van der Waals surface area contributed by atoms with Crippen LogP contribution in [0, 0.1) is 13.8 Å². The Morgan fingerprint density at radius 3 is 2.75 bits per heavy atom. The molecule has 3 rings (SSSR count). The van der Waals surface area contributed by atoms with Crippen molar-refractivity contribution in [2.75, 3.05) is 5.32 Å². The Labute approximate surface area is 122 Å². The first-order valence-corrected chi connectivity index (χ1v) is 7.50. The van der Waals surface area contributed by atoms with Gasteiger partial charge in [-0.05, 0) is 38.5 Å². The number of pyridine rings is 1. The van der Waals surface area contributed by atoms with Gasteiger partial charge in [0.1, 0.15) is 10.8 Å². The van der Waals surface area contributed by atoms with Crippen LogP contribution in [0.5, 0.6) is 0 Å². The van der Waals surface area contributed by atoms with Crippen molar-refractivity contribution in [2.45, 2.75) is 26.8 Å². The second kappa shape index (κ2) is 5.21. The molecular formula is C16H17N3S. The third kappa shape index (κ3) is 2.51. The first-order chi connectivity index (χ1) is 9.63. The molecule has 3 aromatic rings. The van der Waals surface area contributed by atoms with E-state index in [9.17, 15) is 0 Å². The number of aryl methyl sites for hydroxylation is 2. The van der Waals surface area contributed by atoms with Gasteiger partial charge in [0.25, 0.3) is 0 Å². The molecule has 0 aliphatic carbocycles. The van der Waals surface area contributed by atoms with Crippen LogP contribution in [-0.4, -0.2) is 9.97 Å². The highest BCUT2D eigenvalue weighted by molar-refractivity contribution is 7.11. The SMILES string of the molecule is Cc1cnc(C(C)Nc2nc3ccccc3cc2C)s1. The van der Waals surface area contributed by atoms with Crippen molar-refractivity contribution < 1.29 is 0 Å². The van der Waals surface area contributed by atoms with E-state index >= 15 is 0 Å². The highest BCUT2D eigenvalue weighted by Crippen LogP contribution is 2.26. The molecule has 1 N–H and O–H groups in total. The Morgan fingerprint density at radius 2 is 2.00 bits per heavy atom. The summed E-state index contributed by atoms with van der Waals surface area (Å²) in [5.41, 5.74) is 2.17. The van der Waals surface area contributed by atoms with Crippen LogP contribution < -0.4 is 5.32 Å². The maximum Gasteiger partial charge on any atom is 0.130 e. The number of thiazole rings is 1. The van der Waals surface area contributed by atoms with E-state index in [-0.39, 0.29) is 6.04 Å². The molecule has 0 aliphatic heterocycles. The van der Waals surface area contributed by atoms with Crippen LogP contribution >= 0.6 is 11.3 Å². The summed E-state index contributed by atoms with van der Waals surface area (Å²) in [6.45, 7) is 6.28. The van der Waals surface area contributed by atoms with Crippen molar-refractivity contribution in [3.63, 3.8) is 0 Å². The van der Waals surface area contributed by atoms with Crippen LogP contribution in [0.1, 0.15) is 28.4 Å². The van der Waals surface area contributed by atoms with Gasteiger partial charge < -0.3 is 5.32 Å². The molecule has 0 saturated carbocycles. The van der Waals surface area contributed by atoms with Gasteiger partial charge in [-0.25, -0.2) is 9.97 Å². The topological polar surface area (TPSA) is 37.8 Å². The minimum atomic E-state index is 0.168. The van der Waals surface area contributed by atoms with Gasteiger partial charge in [-0.1, -0.05) is 18.2 Å². The fourth-order valence-corrected chi connectivity index (χ4v) is 2.98. The summed E-state index contributed by atoms with van der Waals surface area (Å²) in [6, 6.07) is 10.5. The van der Waals surface area contributed by atoms with Gasteiger partial charge >= 0.3 is 0 Å². The van der Waals surface area contributed by atoms with E-state index < -0.39 is 0 Å². The molecule has 0 aliphatic rings. The smallest absolute Gasteiger partial charge is 0.130 e. The van der Waals surface area contributed by atoms with E-state index in [2.05, 4.69) is 43.2 Å². The van der Waals surface area contributed by atoms with Crippen LogP contribution in [0.4, 0.5) is 5.82 Å². The van der Waals surface area contributed by atoms with Crippen molar-refractivity contribution in [3.8, 4) is 0 Å². The average Bonchev–Trinajstić information content (AvgIpc) is 2.86. The largest absolute Gasteiger partial charge is 0.361 e. The Balaban J connectivity index is 1.92. The van der Waals surface area contributed by atoms with E-state index in [1.54, 1.807) is 11.3 Å². The molecule has 0 fully saturated rings. The lowest BCUT2D eigenvalue weighted by molar-refractivity contribution is 0.860. The summed E-state index contributed by atoms with van der Waals surface area (Å²) in [5, 5.41) is 5.74. The first kappa shape index (κ1) is 13.1. The van der Waals surface area contributed by atoms with Crippen LogP contribution in [0.2, 0.25) is 0 Å². The van der Waals surface area contributed by atoms with Gasteiger partial charge in [-0.3, -0.25) is 0 Å². The van der Waals surface area contributed by atoms with E-state index in [1.165, 1.54) is 10.3 Å². The first-order valence-electron chi connectivity index (χ1n) is 6.69. The molecule has 0 saturated heterocycles. The number of para-hydroxylation sites is 1. The highest BCUT2D eigenvalue weighted by Gasteiger charge is 2.11. The fraction of sp³-hybridized carbons (Fsp3) is 0.250. The Bertz CT molecular complexity index is 748. The van der Waals surface area contributed by atoms with Crippen LogP contribution in [0.25, 0.3) is 10.9 Å². The minimum Gasteiger partial charge on any atom is -0.361 e. The molecule has 2 aromatic heterocycles. The maximum atomic E-state index is 4.71. The zero-order valence-corrected chi connectivity index (χ0v) is 12.7. The molecule has 3 nitrogen and oxygen atoms in total. The number of nitrogens with zero attached hydrogens (tertiary/aromatic N) is 2. The number of fused-ring (bicyclic) bond motifs is 1. The molecule has 20 heavy (non-hydrogen) atoms. The van der Waals surface area contributed by atoms with Gasteiger partial charge in [0.05, 0.1) is 11.6 Å². The molecule has 1 aromatic carbocycles. The van der Waals surface area contributed by atoms with Crippen LogP contribution in [0.15, 0.2) is 36.5 Å². The molecule has 2 heterocycles. The molecule has 0 amide bonds. The van der Waals surface area contributed by atoms with E-state index in [0.717, 1.165) is 21.9 Å². The Morgan fingerprint density at radius 1 is 1.20 bits per heavy atom. The van der Waals surface area contributed by atoms with Crippen molar-refractivity contribution in [1.29, 1.82) is 0 Å². The molecule has 0 bridgehead atoms. The summed E-state index contributed by atoms with van der Waals surface area (Å²) in [5.74, 6) is 0.934. The molecule has 0 radical (unpaired) electrons. The molecule has 4 heteroatoms. The van der Waals surface area contributed by atoms with Crippen molar-refractivity contribution in [3.05, 3.63) is 52.0 Å². The summed E-state index contributed by atoms with van der Waals surface area (Å²) in [4.78, 5) is 10.4. The highest BCUT2D eigenvalue weighted by atomic mass is 32.1. The van der Waals surface area contributed by atoms with Gasteiger partial charge in [0.15, 0.2) is 0 Å². The number of aromatic nitrogens is 2. The molecule has 1 atom stereocenters. The zero-order chi connectivity index (χ0) is 14.1. The number of nitrogens with one attached hydrogen (secondary N) is 1.